The second kappa shape index (κ2) is 10.4. The maximum absolute atomic E-state index is 12.4. The number of hydrogen-bond donors (Lipinski definition) is 2. The van der Waals surface area contributed by atoms with Crippen LogP contribution in [0.25, 0.3) is 0 Å². The number of Topliss-reactive ketones (excluding diaryl/α,β-unsaturated/α-hetero) is 1. The number of aliphatic hydroxyl groups excluding tert-OH is 2. The molecule has 4 nitrogen and oxygen atoms in total. The molecule has 2 fully saturated rings. The lowest BCUT2D eigenvalue weighted by atomic mass is 9.82. The fourth-order valence-electron chi connectivity index (χ4n) is 6.01. The van der Waals surface area contributed by atoms with Gasteiger partial charge in [-0.1, -0.05) is 43.8 Å². The van der Waals surface area contributed by atoms with Crippen molar-refractivity contribution in [3.05, 3.63) is 11.6 Å². The summed E-state index contributed by atoms with van der Waals surface area (Å²) in [6.07, 6.45) is 13.6. The third kappa shape index (κ3) is 5.90. The Kier molecular flexibility index (Phi) is 8.13. The topological polar surface area (TPSA) is 60.8 Å². The van der Waals surface area contributed by atoms with Gasteiger partial charge in [0.05, 0.1) is 12.2 Å². The number of carbonyl (C=O) groups excluding carboxylic acids is 1. The molecule has 160 valence electrons. The second-order valence-corrected chi connectivity index (χ2v) is 10.0. The zero-order valence-corrected chi connectivity index (χ0v) is 18.0. The van der Waals surface area contributed by atoms with E-state index in [2.05, 4.69) is 25.1 Å². The molecular weight excluding hydrogens is 350 g/mol. The van der Waals surface area contributed by atoms with E-state index in [9.17, 15) is 15.0 Å². The van der Waals surface area contributed by atoms with Crippen LogP contribution in [0.5, 0.6) is 0 Å². The molecule has 0 spiro atoms. The first-order chi connectivity index (χ1) is 13.4. The number of rotatable bonds is 11. The molecule has 3 rings (SSSR count). The molecule has 0 heterocycles. The summed E-state index contributed by atoms with van der Waals surface area (Å²) >= 11 is 0. The van der Waals surface area contributed by atoms with Gasteiger partial charge in [0, 0.05) is 18.8 Å². The number of ketones is 1. The zero-order valence-electron chi connectivity index (χ0n) is 18.0. The lowest BCUT2D eigenvalue weighted by molar-refractivity contribution is -0.123. The van der Waals surface area contributed by atoms with Gasteiger partial charge in [-0.05, 0) is 70.5 Å². The minimum absolute atomic E-state index is 0.125. The lowest BCUT2D eigenvalue weighted by Crippen LogP contribution is -2.34. The van der Waals surface area contributed by atoms with Crippen molar-refractivity contribution in [2.75, 3.05) is 20.6 Å². The number of hydrogen-bond acceptors (Lipinski definition) is 4. The average Bonchev–Trinajstić information content (AvgIpc) is 3.30. The summed E-state index contributed by atoms with van der Waals surface area (Å²) in [6, 6.07) is 0. The molecule has 2 N–H and O–H groups in total. The molecule has 0 bridgehead atoms. The van der Waals surface area contributed by atoms with E-state index in [-0.39, 0.29) is 18.1 Å². The molecule has 3 aliphatic carbocycles. The van der Waals surface area contributed by atoms with Crippen LogP contribution in [-0.4, -0.2) is 53.7 Å². The standard InChI is InChI=1S/C24H41NO3/c1-25(2)11-7-3-4-10-18-12-19-15-22(27)24(21(19)14-18)23(28)16-20(26)13-17-8-5-6-9-17/h12,17,19,21-24,27-28H,3-11,13-16H2,1-2H3/t19-,21-,22+,23+,24+/m0/s1. The average molecular weight is 392 g/mol. The van der Waals surface area contributed by atoms with Gasteiger partial charge in [-0.25, -0.2) is 0 Å². The van der Waals surface area contributed by atoms with E-state index in [1.165, 1.54) is 50.5 Å². The molecule has 5 atom stereocenters. The maximum Gasteiger partial charge on any atom is 0.135 e. The maximum atomic E-state index is 12.4. The largest absolute Gasteiger partial charge is 0.393 e. The highest BCUT2D eigenvalue weighted by atomic mass is 16.3. The Morgan fingerprint density at radius 3 is 2.68 bits per heavy atom. The Bertz CT molecular complexity index is 538. The Hall–Kier alpha value is -0.710. The van der Waals surface area contributed by atoms with Crippen LogP contribution >= 0.6 is 0 Å². The number of fused-ring (bicyclic) bond motifs is 1. The van der Waals surface area contributed by atoms with Crippen molar-refractivity contribution in [1.29, 1.82) is 0 Å². The van der Waals surface area contributed by atoms with Gasteiger partial charge in [0.25, 0.3) is 0 Å². The Morgan fingerprint density at radius 2 is 1.96 bits per heavy atom. The molecule has 28 heavy (non-hydrogen) atoms. The van der Waals surface area contributed by atoms with Gasteiger partial charge in [-0.2, -0.15) is 0 Å². The van der Waals surface area contributed by atoms with Crippen LogP contribution in [0.2, 0.25) is 0 Å². The van der Waals surface area contributed by atoms with E-state index in [1.54, 1.807) is 0 Å². The van der Waals surface area contributed by atoms with Gasteiger partial charge in [-0.15, -0.1) is 0 Å². The molecule has 0 saturated heterocycles. The highest BCUT2D eigenvalue weighted by Gasteiger charge is 2.47. The van der Waals surface area contributed by atoms with Crippen LogP contribution in [0.3, 0.4) is 0 Å². The van der Waals surface area contributed by atoms with Crippen molar-refractivity contribution in [2.45, 2.75) is 89.3 Å². The van der Waals surface area contributed by atoms with Gasteiger partial charge in [0.15, 0.2) is 0 Å². The Balaban J connectivity index is 1.43. The molecule has 0 aromatic carbocycles. The minimum Gasteiger partial charge on any atom is -0.393 e. The van der Waals surface area contributed by atoms with Crippen molar-refractivity contribution in [2.24, 2.45) is 23.7 Å². The minimum atomic E-state index is -0.674. The first-order valence-corrected chi connectivity index (χ1v) is 11.7. The van der Waals surface area contributed by atoms with Crippen molar-refractivity contribution in [1.82, 2.24) is 4.90 Å². The van der Waals surface area contributed by atoms with Crippen LogP contribution in [0.1, 0.15) is 77.0 Å². The van der Waals surface area contributed by atoms with Gasteiger partial charge in [-0.3, -0.25) is 4.79 Å². The number of nitrogens with zero attached hydrogens (tertiary/aromatic N) is 1. The predicted octanol–water partition coefficient (Wildman–Crippen LogP) is 3.95. The summed E-state index contributed by atoms with van der Waals surface area (Å²) < 4.78 is 0. The number of unbranched alkanes of at least 4 members (excludes halogenated alkanes) is 2. The fourth-order valence-corrected chi connectivity index (χ4v) is 6.01. The van der Waals surface area contributed by atoms with Crippen LogP contribution in [0.15, 0.2) is 11.6 Å². The van der Waals surface area contributed by atoms with E-state index in [0.29, 0.717) is 24.2 Å². The van der Waals surface area contributed by atoms with E-state index >= 15 is 0 Å². The van der Waals surface area contributed by atoms with Crippen molar-refractivity contribution >= 4 is 5.78 Å². The molecule has 0 aromatic rings. The molecule has 0 unspecified atom stereocenters. The summed E-state index contributed by atoms with van der Waals surface area (Å²) in [5.41, 5.74) is 1.52. The number of carbonyl (C=O) groups is 1. The van der Waals surface area contributed by atoms with E-state index in [4.69, 9.17) is 0 Å². The molecule has 3 aliphatic rings. The Labute approximate surface area is 171 Å². The second-order valence-electron chi connectivity index (χ2n) is 10.0. The van der Waals surface area contributed by atoms with Gasteiger partial charge in [0.2, 0.25) is 0 Å². The normalized spacial score (nSPS) is 31.4. The molecule has 0 amide bonds. The number of aliphatic hydroxyl groups is 2. The quantitative estimate of drug-likeness (QED) is 0.413. The van der Waals surface area contributed by atoms with Crippen molar-refractivity contribution in [3.63, 3.8) is 0 Å². The predicted molar refractivity (Wildman–Crippen MR) is 113 cm³/mol. The van der Waals surface area contributed by atoms with Gasteiger partial charge in [0.1, 0.15) is 5.78 Å². The molecule has 2 saturated carbocycles. The highest BCUT2D eigenvalue weighted by Crippen LogP contribution is 2.49. The molecular formula is C24H41NO3. The van der Waals surface area contributed by atoms with E-state index in [0.717, 1.165) is 25.8 Å². The lowest BCUT2D eigenvalue weighted by Gasteiger charge is -2.27. The highest BCUT2D eigenvalue weighted by molar-refractivity contribution is 5.79. The summed E-state index contributed by atoms with van der Waals surface area (Å²) in [6.45, 7) is 1.15. The first-order valence-electron chi connectivity index (χ1n) is 11.7. The monoisotopic (exact) mass is 391 g/mol. The van der Waals surface area contributed by atoms with E-state index in [1.807, 2.05) is 0 Å². The van der Waals surface area contributed by atoms with E-state index < -0.39 is 12.2 Å². The summed E-state index contributed by atoms with van der Waals surface area (Å²) in [5.74, 6) is 1.34. The van der Waals surface area contributed by atoms with Crippen molar-refractivity contribution in [3.8, 4) is 0 Å². The van der Waals surface area contributed by atoms with Crippen LogP contribution in [-0.2, 0) is 4.79 Å². The van der Waals surface area contributed by atoms with Gasteiger partial charge < -0.3 is 15.1 Å². The third-order valence-corrected chi connectivity index (χ3v) is 7.43. The molecule has 0 aromatic heterocycles. The molecule has 4 heteroatoms. The first kappa shape index (κ1) is 22.0. The number of allylic oxidation sites excluding steroid dienone is 2. The van der Waals surface area contributed by atoms with Crippen molar-refractivity contribution < 1.29 is 15.0 Å². The van der Waals surface area contributed by atoms with Crippen LogP contribution in [0.4, 0.5) is 0 Å². The fraction of sp³-hybridized carbons (Fsp3) is 0.875. The molecule has 0 radical (unpaired) electrons. The summed E-state index contributed by atoms with van der Waals surface area (Å²) in [4.78, 5) is 14.7. The summed E-state index contributed by atoms with van der Waals surface area (Å²) in [7, 11) is 4.24. The summed E-state index contributed by atoms with van der Waals surface area (Å²) in [5, 5.41) is 21.3. The Morgan fingerprint density at radius 1 is 1.21 bits per heavy atom. The SMILES string of the molecule is CN(C)CCCCCC1=C[C@H]2C[C@@H](O)[C@H]([C@H](O)CC(=O)CC3CCCC3)[C@H]2C1. The van der Waals surface area contributed by atoms with Crippen LogP contribution in [0, 0.1) is 23.7 Å². The zero-order chi connectivity index (χ0) is 20.1. The molecule has 0 aliphatic heterocycles. The van der Waals surface area contributed by atoms with Crippen LogP contribution < -0.4 is 0 Å². The smallest absolute Gasteiger partial charge is 0.135 e. The third-order valence-electron chi connectivity index (χ3n) is 7.43. The van der Waals surface area contributed by atoms with Gasteiger partial charge >= 0.3 is 0 Å².